The lowest BCUT2D eigenvalue weighted by atomic mass is 9.98. The summed E-state index contributed by atoms with van der Waals surface area (Å²) in [5.41, 5.74) is 0. The second kappa shape index (κ2) is 30.6. The van der Waals surface area contributed by atoms with Crippen LogP contribution in [0.25, 0.3) is 0 Å². The van der Waals surface area contributed by atoms with Crippen LogP contribution in [0, 0.1) is 0 Å². The Bertz CT molecular complexity index is 536. The lowest BCUT2D eigenvalue weighted by Crippen LogP contribution is -2.54. The average Bonchev–Trinajstić information content (AvgIpc) is 2.97. The molecule has 0 rings (SSSR count). The third-order valence-corrected chi connectivity index (χ3v) is 9.43. The lowest BCUT2D eigenvalue weighted by Gasteiger charge is -2.42. The molecule has 41 heavy (non-hydrogen) atoms. The van der Waals surface area contributed by atoms with Gasteiger partial charge in [0.05, 0.1) is 32.8 Å². The molecule has 0 aliphatic carbocycles. The van der Waals surface area contributed by atoms with E-state index in [4.69, 9.17) is 4.74 Å². The van der Waals surface area contributed by atoms with Crippen LogP contribution < -0.4 is 0 Å². The van der Waals surface area contributed by atoms with Gasteiger partial charge in [-0.25, -0.2) is 4.79 Å². The van der Waals surface area contributed by atoms with Crippen molar-refractivity contribution in [3.63, 3.8) is 0 Å². The van der Waals surface area contributed by atoms with Gasteiger partial charge in [-0.05, 0) is 38.5 Å². The molecule has 0 saturated heterocycles. The minimum absolute atomic E-state index is 0.273. The predicted octanol–water partition coefficient (Wildman–Crippen LogP) is 12.1. The number of quaternary nitrogens is 1. The molecule has 3 heteroatoms. The second-order valence-corrected chi connectivity index (χ2v) is 13.3. The fraction of sp³-hybridized carbons (Fsp3) is 0.921. The molecule has 0 aromatic heterocycles. The smallest absolute Gasteiger partial charge is 0.330 e. The third-order valence-electron chi connectivity index (χ3n) is 9.43. The molecule has 0 aromatic carbocycles. The monoisotopic (exact) mass is 579 g/mol. The Labute approximate surface area is 259 Å². The van der Waals surface area contributed by atoms with E-state index in [0.717, 1.165) is 6.42 Å². The molecule has 0 amide bonds. The zero-order chi connectivity index (χ0) is 30.3. The molecule has 1 atom stereocenters. The van der Waals surface area contributed by atoms with Crippen molar-refractivity contribution in [2.24, 2.45) is 0 Å². The third kappa shape index (κ3) is 25.4. The van der Waals surface area contributed by atoms with Gasteiger partial charge >= 0.3 is 5.97 Å². The normalized spacial score (nSPS) is 12.5. The number of hydrogen-bond acceptors (Lipinski definition) is 2. The molecule has 0 N–H and O–H groups in total. The van der Waals surface area contributed by atoms with E-state index >= 15 is 0 Å². The second-order valence-electron chi connectivity index (χ2n) is 13.3. The van der Waals surface area contributed by atoms with Crippen molar-refractivity contribution in [3.8, 4) is 0 Å². The molecule has 0 spiro atoms. The molecule has 0 fully saturated rings. The van der Waals surface area contributed by atoms with Crippen LogP contribution in [0.1, 0.15) is 194 Å². The predicted molar refractivity (Wildman–Crippen MR) is 183 cm³/mol. The average molecular weight is 579 g/mol. The summed E-state index contributed by atoms with van der Waals surface area (Å²) in [4.78, 5) is 11.8. The number of rotatable bonds is 33. The molecular weight excluding hydrogens is 502 g/mol. The van der Waals surface area contributed by atoms with E-state index in [1.54, 1.807) is 0 Å². The first-order chi connectivity index (χ1) is 20.0. The maximum Gasteiger partial charge on any atom is 0.330 e. The molecular formula is C38H76NO2+. The summed E-state index contributed by atoms with van der Waals surface area (Å²) in [5.74, 6) is -0.273. The van der Waals surface area contributed by atoms with Crippen LogP contribution in [-0.2, 0) is 9.53 Å². The highest BCUT2D eigenvalue weighted by Crippen LogP contribution is 2.25. The highest BCUT2D eigenvalue weighted by molar-refractivity contribution is 5.81. The summed E-state index contributed by atoms with van der Waals surface area (Å²) >= 11 is 0. The number of carbonyl (C=O) groups is 1. The van der Waals surface area contributed by atoms with Gasteiger partial charge in [-0.15, -0.1) is 0 Å². The Kier molecular flexibility index (Phi) is 30.0. The summed E-state index contributed by atoms with van der Waals surface area (Å²) in [6, 6.07) is 0.589. The van der Waals surface area contributed by atoms with E-state index < -0.39 is 0 Å². The lowest BCUT2D eigenvalue weighted by molar-refractivity contribution is -0.934. The summed E-state index contributed by atoms with van der Waals surface area (Å²) in [6.07, 6.45) is 38.1. The van der Waals surface area contributed by atoms with E-state index in [1.165, 1.54) is 191 Å². The number of carbonyl (C=O) groups excluding carboxylic acids is 1. The number of ether oxygens (including phenoxy) is 1. The van der Waals surface area contributed by atoms with E-state index in [9.17, 15) is 4.79 Å². The number of nitrogens with zero attached hydrogens (tertiary/aromatic N) is 1. The van der Waals surface area contributed by atoms with Crippen molar-refractivity contribution in [2.75, 3.05) is 26.7 Å². The Balaban J connectivity index is 4.85. The highest BCUT2D eigenvalue weighted by Gasteiger charge is 2.31. The Morgan fingerprint density at radius 2 is 0.902 bits per heavy atom. The van der Waals surface area contributed by atoms with Crippen molar-refractivity contribution >= 4 is 5.97 Å². The van der Waals surface area contributed by atoms with E-state index in [1.807, 2.05) is 0 Å². The van der Waals surface area contributed by atoms with Gasteiger partial charge in [0.15, 0.2) is 0 Å². The largest absolute Gasteiger partial charge is 0.462 e. The zero-order valence-electron chi connectivity index (χ0n) is 28.8. The van der Waals surface area contributed by atoms with Gasteiger partial charge in [0, 0.05) is 12.5 Å². The van der Waals surface area contributed by atoms with Gasteiger partial charge in [0.25, 0.3) is 0 Å². The van der Waals surface area contributed by atoms with Gasteiger partial charge < -0.3 is 9.22 Å². The molecule has 3 nitrogen and oxygen atoms in total. The molecule has 0 bridgehead atoms. The maximum absolute atomic E-state index is 11.8. The van der Waals surface area contributed by atoms with Gasteiger partial charge in [-0.3, -0.25) is 0 Å². The van der Waals surface area contributed by atoms with Crippen molar-refractivity contribution in [3.05, 3.63) is 12.7 Å². The fourth-order valence-electron chi connectivity index (χ4n) is 6.50. The summed E-state index contributed by atoms with van der Waals surface area (Å²) in [6.45, 7) is 13.6. The minimum atomic E-state index is -0.273. The molecule has 244 valence electrons. The van der Waals surface area contributed by atoms with Crippen molar-refractivity contribution < 1.29 is 14.0 Å². The summed E-state index contributed by atoms with van der Waals surface area (Å²) in [5, 5.41) is 0. The maximum atomic E-state index is 11.8. The minimum Gasteiger partial charge on any atom is -0.462 e. The quantitative estimate of drug-likeness (QED) is 0.0335. The molecule has 0 radical (unpaired) electrons. The van der Waals surface area contributed by atoms with Crippen LogP contribution in [-0.4, -0.2) is 43.2 Å². The summed E-state index contributed by atoms with van der Waals surface area (Å²) < 4.78 is 6.68. The van der Waals surface area contributed by atoms with Gasteiger partial charge in [-0.1, -0.05) is 156 Å². The van der Waals surface area contributed by atoms with E-state index in [2.05, 4.69) is 34.4 Å². The standard InChI is InChI=1S/C38H76NO2/c1-6-10-13-16-18-20-22-24-27-30-34-39(5,35-31-28-25-23-21-19-17-14-11-7-2)37(32-29-26-15-12-8-3)33-36-41-38(40)9-4/h9,37H,4,6-8,10-36H2,1-3,5H3/q+1. The van der Waals surface area contributed by atoms with E-state index in [0.29, 0.717) is 12.6 Å². The van der Waals surface area contributed by atoms with Crippen molar-refractivity contribution in [2.45, 2.75) is 200 Å². The first-order valence-electron chi connectivity index (χ1n) is 18.7. The molecule has 1 unspecified atom stereocenters. The molecule has 0 aromatic rings. The Morgan fingerprint density at radius 1 is 0.561 bits per heavy atom. The van der Waals surface area contributed by atoms with Gasteiger partial charge in [0.1, 0.15) is 0 Å². The zero-order valence-corrected chi connectivity index (χ0v) is 28.8. The van der Waals surface area contributed by atoms with Gasteiger partial charge in [-0.2, -0.15) is 0 Å². The van der Waals surface area contributed by atoms with Crippen molar-refractivity contribution in [1.82, 2.24) is 0 Å². The van der Waals surface area contributed by atoms with Crippen LogP contribution in [0.4, 0.5) is 0 Å². The molecule has 0 saturated carbocycles. The molecule has 0 heterocycles. The fourth-order valence-corrected chi connectivity index (χ4v) is 6.50. The highest BCUT2D eigenvalue weighted by atomic mass is 16.5. The van der Waals surface area contributed by atoms with Crippen molar-refractivity contribution in [1.29, 1.82) is 0 Å². The Hall–Kier alpha value is -0.830. The van der Waals surface area contributed by atoms with Crippen LogP contribution in [0.3, 0.4) is 0 Å². The SMILES string of the molecule is C=CC(=O)OCCC(CCCCCCC)[N+](C)(CCCCCCCCCCCC)CCCCCCCCCCCC. The Morgan fingerprint density at radius 3 is 1.27 bits per heavy atom. The molecule has 0 aliphatic rings. The van der Waals surface area contributed by atoms with Crippen LogP contribution in [0.2, 0.25) is 0 Å². The first-order valence-corrected chi connectivity index (χ1v) is 18.7. The summed E-state index contributed by atoms with van der Waals surface area (Å²) in [7, 11) is 2.54. The topological polar surface area (TPSA) is 26.3 Å². The van der Waals surface area contributed by atoms with E-state index in [-0.39, 0.29) is 5.97 Å². The van der Waals surface area contributed by atoms with Crippen LogP contribution in [0.15, 0.2) is 12.7 Å². The van der Waals surface area contributed by atoms with Crippen LogP contribution >= 0.6 is 0 Å². The number of hydrogen-bond donors (Lipinski definition) is 0. The van der Waals surface area contributed by atoms with Gasteiger partial charge in [0.2, 0.25) is 0 Å². The number of unbranched alkanes of at least 4 members (excludes halogenated alkanes) is 22. The molecule has 0 aliphatic heterocycles. The van der Waals surface area contributed by atoms with Crippen LogP contribution in [0.5, 0.6) is 0 Å². The number of esters is 1. The first kappa shape index (κ1) is 40.2.